The Morgan fingerprint density at radius 3 is 2.43 bits per heavy atom. The molecule has 1 heterocycles. The highest BCUT2D eigenvalue weighted by molar-refractivity contribution is 5.92. The van der Waals surface area contributed by atoms with Gasteiger partial charge in [0, 0.05) is 31.1 Å². The van der Waals surface area contributed by atoms with Crippen LogP contribution in [0.3, 0.4) is 0 Å². The number of aromatic nitrogens is 2. The van der Waals surface area contributed by atoms with E-state index in [4.69, 9.17) is 9.26 Å². The predicted molar refractivity (Wildman–Crippen MR) is 131 cm³/mol. The molecule has 0 radical (unpaired) electrons. The first-order valence-corrected chi connectivity index (χ1v) is 12.2. The molecule has 1 fully saturated rings. The number of nitrogens with zero attached hydrogens (tertiary/aromatic N) is 2. The molecule has 0 bridgehead atoms. The molecule has 1 aromatic carbocycles. The van der Waals surface area contributed by atoms with Crippen molar-refractivity contribution in [2.75, 3.05) is 17.2 Å². The van der Waals surface area contributed by atoms with Crippen molar-refractivity contribution in [1.29, 1.82) is 0 Å². The summed E-state index contributed by atoms with van der Waals surface area (Å²) in [6.45, 7) is 5.73. The molecule has 0 unspecified atom stereocenters. The maximum absolute atomic E-state index is 12.5. The summed E-state index contributed by atoms with van der Waals surface area (Å²) in [6, 6.07) is 6.83. The van der Waals surface area contributed by atoms with Crippen LogP contribution >= 0.6 is 0 Å². The summed E-state index contributed by atoms with van der Waals surface area (Å²) in [4.78, 5) is 40.7. The molecule has 1 aromatic heterocycles. The van der Waals surface area contributed by atoms with E-state index < -0.39 is 11.6 Å². The molecule has 3 rings (SSSR count). The van der Waals surface area contributed by atoms with E-state index >= 15 is 0 Å². The largest absolute Gasteiger partial charge is 0.449 e. The van der Waals surface area contributed by atoms with Gasteiger partial charge in [0.05, 0.1) is 6.61 Å². The molecule has 1 aliphatic carbocycles. The van der Waals surface area contributed by atoms with Gasteiger partial charge in [-0.3, -0.25) is 14.9 Å². The third kappa shape index (κ3) is 8.08. The number of hydrogen-bond acceptors (Lipinski definition) is 7. The lowest BCUT2D eigenvalue weighted by Crippen LogP contribution is -2.45. The third-order valence-electron chi connectivity index (χ3n) is 5.77. The van der Waals surface area contributed by atoms with Crippen molar-refractivity contribution in [2.45, 2.75) is 77.7 Å². The summed E-state index contributed by atoms with van der Waals surface area (Å²) in [6.07, 6.45) is 5.59. The number of ether oxygens (including phenoxy) is 1. The van der Waals surface area contributed by atoms with Gasteiger partial charge in [-0.25, -0.2) is 4.79 Å². The molecular formula is C25H35N5O5. The summed E-state index contributed by atoms with van der Waals surface area (Å²) < 4.78 is 10.5. The zero-order valence-corrected chi connectivity index (χ0v) is 20.7. The molecule has 0 spiro atoms. The van der Waals surface area contributed by atoms with Gasteiger partial charge in [0.2, 0.25) is 17.7 Å². The number of nitrogens with one attached hydrogen (secondary N) is 3. The van der Waals surface area contributed by atoms with Crippen LogP contribution in [0.4, 0.5) is 16.2 Å². The number of carbonyl (C=O) groups is 3. The molecule has 10 heteroatoms. The number of aryl methyl sites for hydroxylation is 1. The van der Waals surface area contributed by atoms with Crippen LogP contribution in [0.1, 0.15) is 77.4 Å². The Bertz CT molecular complexity index is 1010. The zero-order valence-electron chi connectivity index (χ0n) is 20.7. The zero-order chi connectivity index (χ0) is 25.3. The van der Waals surface area contributed by atoms with Crippen molar-refractivity contribution < 1.29 is 23.6 Å². The average Bonchev–Trinajstić information content (AvgIpc) is 3.16. The van der Waals surface area contributed by atoms with Crippen LogP contribution in [-0.2, 0) is 26.3 Å². The second-order valence-corrected chi connectivity index (χ2v) is 9.44. The smallest absolute Gasteiger partial charge is 0.411 e. The number of carbonyl (C=O) groups excluding carboxylic acids is 3. The van der Waals surface area contributed by atoms with Crippen molar-refractivity contribution in [1.82, 2.24) is 15.5 Å². The Labute approximate surface area is 205 Å². The lowest BCUT2D eigenvalue weighted by Gasteiger charge is -2.30. The molecule has 0 atom stereocenters. The van der Waals surface area contributed by atoms with E-state index in [0.29, 0.717) is 29.7 Å². The van der Waals surface area contributed by atoms with Gasteiger partial charge in [-0.15, -0.1) is 0 Å². The molecular weight excluding hydrogens is 450 g/mol. The summed E-state index contributed by atoms with van der Waals surface area (Å²) >= 11 is 0. The van der Waals surface area contributed by atoms with Crippen LogP contribution in [-0.4, -0.2) is 34.7 Å². The van der Waals surface area contributed by atoms with E-state index in [1.807, 2.05) is 13.8 Å². The van der Waals surface area contributed by atoms with Crippen LogP contribution in [0, 0.1) is 5.92 Å². The van der Waals surface area contributed by atoms with E-state index in [1.54, 1.807) is 24.3 Å². The minimum absolute atomic E-state index is 0.123. The minimum atomic E-state index is -0.615. The van der Waals surface area contributed by atoms with Gasteiger partial charge in [0.1, 0.15) is 5.54 Å². The van der Waals surface area contributed by atoms with Gasteiger partial charge in [0.15, 0.2) is 5.82 Å². The van der Waals surface area contributed by atoms with Gasteiger partial charge in [0.25, 0.3) is 0 Å². The van der Waals surface area contributed by atoms with Gasteiger partial charge in [-0.05, 0) is 37.0 Å². The lowest BCUT2D eigenvalue weighted by atomic mass is 9.89. The molecule has 3 amide bonds. The Balaban J connectivity index is 1.55. The molecule has 1 aliphatic rings. The molecule has 10 nitrogen and oxygen atoms in total. The van der Waals surface area contributed by atoms with Crippen LogP contribution in [0.2, 0.25) is 0 Å². The molecule has 0 saturated heterocycles. The second kappa shape index (κ2) is 12.3. The topological polar surface area (TPSA) is 135 Å². The first kappa shape index (κ1) is 26.2. The number of anilines is 2. The maximum Gasteiger partial charge on any atom is 0.411 e. The van der Waals surface area contributed by atoms with Crippen molar-refractivity contribution in [3.05, 3.63) is 36.0 Å². The van der Waals surface area contributed by atoms with Gasteiger partial charge >= 0.3 is 6.09 Å². The highest BCUT2D eigenvalue weighted by atomic mass is 16.5. The van der Waals surface area contributed by atoms with Crippen molar-refractivity contribution >= 4 is 29.3 Å². The fourth-order valence-electron chi connectivity index (χ4n) is 4.14. The number of amides is 3. The van der Waals surface area contributed by atoms with Crippen molar-refractivity contribution in [3.8, 4) is 0 Å². The molecule has 1 saturated carbocycles. The summed E-state index contributed by atoms with van der Waals surface area (Å²) in [5.41, 5.74) is 0.450. The van der Waals surface area contributed by atoms with E-state index in [0.717, 1.165) is 38.5 Å². The third-order valence-corrected chi connectivity index (χ3v) is 5.77. The normalized spacial score (nSPS) is 15.2. The van der Waals surface area contributed by atoms with Crippen molar-refractivity contribution in [2.24, 2.45) is 5.92 Å². The number of hydrogen-bond donors (Lipinski definition) is 3. The Kier molecular flexibility index (Phi) is 9.22. The Morgan fingerprint density at radius 1 is 1.09 bits per heavy atom. The monoisotopic (exact) mass is 485 g/mol. The fourth-order valence-corrected chi connectivity index (χ4v) is 4.14. The Morgan fingerprint density at radius 2 is 1.77 bits per heavy atom. The quantitative estimate of drug-likeness (QED) is 0.444. The molecule has 2 aromatic rings. The summed E-state index contributed by atoms with van der Waals surface area (Å²) in [7, 11) is 0. The average molecular weight is 486 g/mol. The van der Waals surface area contributed by atoms with Gasteiger partial charge < -0.3 is 19.9 Å². The van der Waals surface area contributed by atoms with Gasteiger partial charge in [-0.1, -0.05) is 50.8 Å². The highest BCUT2D eigenvalue weighted by Gasteiger charge is 2.38. The lowest BCUT2D eigenvalue weighted by molar-refractivity contribution is -0.121. The molecule has 3 N–H and O–H groups in total. The maximum atomic E-state index is 12.5. The Hall–Kier alpha value is -3.43. The summed E-state index contributed by atoms with van der Waals surface area (Å²) in [5.74, 6) is 0.725. The van der Waals surface area contributed by atoms with E-state index in [1.165, 1.54) is 6.92 Å². The first-order chi connectivity index (χ1) is 16.8. The highest BCUT2D eigenvalue weighted by Crippen LogP contribution is 2.34. The predicted octanol–water partition coefficient (Wildman–Crippen LogP) is 4.53. The first-order valence-electron chi connectivity index (χ1n) is 12.2. The van der Waals surface area contributed by atoms with Gasteiger partial charge in [-0.2, -0.15) is 4.98 Å². The van der Waals surface area contributed by atoms with Crippen molar-refractivity contribution in [3.63, 3.8) is 0 Å². The molecule has 35 heavy (non-hydrogen) atoms. The molecule has 190 valence electrons. The standard InChI is InChI=1S/C25H35N5O5/c1-17(2)16-34-24(33)27-20-10-8-9-19(15-20)26-21(32)11-12-22-28-23(30-35-22)25(29-18(3)31)13-6-4-5-7-14-25/h8-10,15,17H,4-7,11-14,16H2,1-3H3,(H,26,32)(H,27,33)(H,29,31). The number of benzene rings is 1. The molecule has 0 aliphatic heterocycles. The van der Waals surface area contributed by atoms with E-state index in [9.17, 15) is 14.4 Å². The van der Waals surface area contributed by atoms with Crippen LogP contribution in [0.5, 0.6) is 0 Å². The minimum Gasteiger partial charge on any atom is -0.449 e. The van der Waals surface area contributed by atoms with Crippen LogP contribution in [0.15, 0.2) is 28.8 Å². The van der Waals surface area contributed by atoms with E-state index in [2.05, 4.69) is 26.1 Å². The summed E-state index contributed by atoms with van der Waals surface area (Å²) in [5, 5.41) is 12.7. The van der Waals surface area contributed by atoms with Crippen LogP contribution in [0.25, 0.3) is 0 Å². The van der Waals surface area contributed by atoms with Crippen LogP contribution < -0.4 is 16.0 Å². The second-order valence-electron chi connectivity index (χ2n) is 9.44. The number of rotatable bonds is 9. The fraction of sp³-hybridized carbons (Fsp3) is 0.560. The van der Waals surface area contributed by atoms with E-state index in [-0.39, 0.29) is 30.6 Å². The SMILES string of the molecule is CC(=O)NC1(c2noc(CCC(=O)Nc3cccc(NC(=O)OCC(C)C)c3)n2)CCCCCC1.